The first-order valence-corrected chi connectivity index (χ1v) is 3.86. The summed E-state index contributed by atoms with van der Waals surface area (Å²) in [5.41, 5.74) is 1.01. The zero-order chi connectivity index (χ0) is 9.30. The lowest BCUT2D eigenvalue weighted by Gasteiger charge is -2.05. The summed E-state index contributed by atoms with van der Waals surface area (Å²) in [4.78, 5) is 23.8. The number of likely N-dealkylation sites (N-methyl/N-ethyl adjacent to an activating group) is 2. The number of hydrogen-bond donors (Lipinski definition) is 1. The molecule has 12 heavy (non-hydrogen) atoms. The number of hydrogen-bond acceptors (Lipinski definition) is 3. The minimum atomic E-state index is -0.237. The summed E-state index contributed by atoms with van der Waals surface area (Å²) < 4.78 is 0. The number of carbonyl (C=O) groups excluding carboxylic acids is 2. The second-order valence-electron chi connectivity index (χ2n) is 2.63. The Morgan fingerprint density at radius 2 is 1.92 bits per heavy atom. The summed E-state index contributed by atoms with van der Waals surface area (Å²) in [6, 6.07) is 0. The van der Waals surface area contributed by atoms with Crippen LogP contribution in [0.15, 0.2) is 11.3 Å². The highest BCUT2D eigenvalue weighted by Crippen LogP contribution is 2.18. The molecule has 4 nitrogen and oxygen atoms in total. The van der Waals surface area contributed by atoms with E-state index in [-0.39, 0.29) is 11.8 Å². The van der Waals surface area contributed by atoms with E-state index in [1.54, 1.807) is 7.05 Å². The number of nitrogens with zero attached hydrogens (tertiary/aromatic N) is 1. The highest BCUT2D eigenvalue weighted by atomic mass is 16.2. The van der Waals surface area contributed by atoms with E-state index in [9.17, 15) is 9.59 Å². The van der Waals surface area contributed by atoms with E-state index in [4.69, 9.17) is 0 Å². The Labute approximate surface area is 71.2 Å². The first kappa shape index (κ1) is 8.77. The molecule has 2 amide bonds. The molecular weight excluding hydrogens is 156 g/mol. The van der Waals surface area contributed by atoms with Gasteiger partial charge >= 0.3 is 0 Å². The van der Waals surface area contributed by atoms with Crippen molar-refractivity contribution < 1.29 is 9.59 Å². The molecule has 0 aromatic rings. The average molecular weight is 168 g/mol. The van der Waals surface area contributed by atoms with Gasteiger partial charge in [0, 0.05) is 19.7 Å². The number of rotatable bonds is 2. The smallest absolute Gasteiger partial charge is 0.277 e. The van der Waals surface area contributed by atoms with Crippen molar-refractivity contribution in [3.05, 3.63) is 11.3 Å². The first-order valence-electron chi connectivity index (χ1n) is 3.86. The van der Waals surface area contributed by atoms with E-state index < -0.39 is 0 Å². The Bertz CT molecular complexity index is 242. The Morgan fingerprint density at radius 3 is 2.25 bits per heavy atom. The normalized spacial score (nSPS) is 17.8. The molecule has 0 radical (unpaired) electrons. The minimum Gasteiger partial charge on any atom is -0.383 e. The molecule has 0 saturated heterocycles. The molecule has 0 spiro atoms. The molecule has 1 rings (SSSR count). The molecule has 1 heterocycles. The van der Waals surface area contributed by atoms with Gasteiger partial charge in [0.2, 0.25) is 0 Å². The van der Waals surface area contributed by atoms with Gasteiger partial charge in [0.1, 0.15) is 5.70 Å². The van der Waals surface area contributed by atoms with Crippen LogP contribution in [0.25, 0.3) is 0 Å². The van der Waals surface area contributed by atoms with Crippen molar-refractivity contribution in [2.24, 2.45) is 0 Å². The van der Waals surface area contributed by atoms with Crippen molar-refractivity contribution in [1.82, 2.24) is 10.2 Å². The second-order valence-corrected chi connectivity index (χ2v) is 2.63. The van der Waals surface area contributed by atoms with Crippen LogP contribution in [0, 0.1) is 0 Å². The van der Waals surface area contributed by atoms with E-state index >= 15 is 0 Å². The van der Waals surface area contributed by atoms with Crippen molar-refractivity contribution in [2.75, 3.05) is 14.1 Å². The zero-order valence-corrected chi connectivity index (χ0v) is 7.47. The fourth-order valence-corrected chi connectivity index (χ4v) is 1.28. The average Bonchev–Trinajstić information content (AvgIpc) is 2.29. The van der Waals surface area contributed by atoms with Gasteiger partial charge in [0.25, 0.3) is 11.8 Å². The summed E-state index contributed by atoms with van der Waals surface area (Å²) in [7, 11) is 3.14. The molecule has 1 N–H and O–H groups in total. The number of amides is 2. The molecule has 0 saturated carbocycles. The Balaban J connectivity index is 3.09. The van der Waals surface area contributed by atoms with Gasteiger partial charge in [-0.25, -0.2) is 0 Å². The SMILES string of the molecule is CCC1=C(NC)C(=O)N(C)C1=O. The summed E-state index contributed by atoms with van der Waals surface area (Å²) in [6.07, 6.45) is 0.588. The number of nitrogens with one attached hydrogen (secondary N) is 1. The molecule has 66 valence electrons. The second kappa shape index (κ2) is 2.97. The topological polar surface area (TPSA) is 49.4 Å². The van der Waals surface area contributed by atoms with Crippen molar-refractivity contribution in [3.8, 4) is 0 Å². The van der Waals surface area contributed by atoms with E-state index in [2.05, 4.69) is 5.32 Å². The molecular formula is C8H12N2O2. The molecule has 0 bridgehead atoms. The third-order valence-electron chi connectivity index (χ3n) is 1.99. The van der Waals surface area contributed by atoms with Crippen LogP contribution in [0.2, 0.25) is 0 Å². The summed E-state index contributed by atoms with van der Waals surface area (Å²) >= 11 is 0. The highest BCUT2D eigenvalue weighted by molar-refractivity contribution is 6.18. The van der Waals surface area contributed by atoms with Gasteiger partial charge in [-0.1, -0.05) is 6.92 Å². The lowest BCUT2D eigenvalue weighted by molar-refractivity contribution is -0.136. The van der Waals surface area contributed by atoms with Gasteiger partial charge in [-0.15, -0.1) is 0 Å². The van der Waals surface area contributed by atoms with Crippen LogP contribution in [-0.4, -0.2) is 30.8 Å². The molecule has 0 unspecified atom stereocenters. The van der Waals surface area contributed by atoms with Gasteiger partial charge < -0.3 is 5.32 Å². The minimum absolute atomic E-state index is 0.188. The van der Waals surface area contributed by atoms with Crippen LogP contribution in [0.5, 0.6) is 0 Å². The predicted octanol–water partition coefficient (Wildman–Crippen LogP) is -0.132. The van der Waals surface area contributed by atoms with Crippen molar-refractivity contribution in [3.63, 3.8) is 0 Å². The van der Waals surface area contributed by atoms with Gasteiger partial charge in [-0.05, 0) is 6.42 Å². The van der Waals surface area contributed by atoms with Crippen LogP contribution in [-0.2, 0) is 9.59 Å². The third kappa shape index (κ3) is 0.995. The van der Waals surface area contributed by atoms with Gasteiger partial charge in [-0.2, -0.15) is 0 Å². The van der Waals surface area contributed by atoms with Crippen molar-refractivity contribution in [1.29, 1.82) is 0 Å². The lowest BCUT2D eigenvalue weighted by Crippen LogP contribution is -2.28. The van der Waals surface area contributed by atoms with E-state index in [0.29, 0.717) is 17.7 Å². The molecule has 0 fully saturated rings. The Morgan fingerprint density at radius 1 is 1.33 bits per heavy atom. The molecule has 0 atom stereocenters. The standard InChI is InChI=1S/C8H12N2O2/c1-4-5-6(9-2)8(12)10(3)7(5)11/h9H,4H2,1-3H3. The maximum absolute atomic E-state index is 11.3. The molecule has 4 heteroatoms. The molecule has 0 aromatic heterocycles. The van der Waals surface area contributed by atoms with Crippen LogP contribution < -0.4 is 5.32 Å². The van der Waals surface area contributed by atoms with Gasteiger partial charge in [0.15, 0.2) is 0 Å². The van der Waals surface area contributed by atoms with Crippen molar-refractivity contribution in [2.45, 2.75) is 13.3 Å². The van der Waals surface area contributed by atoms with Crippen LogP contribution >= 0.6 is 0 Å². The van der Waals surface area contributed by atoms with Gasteiger partial charge in [0.05, 0.1) is 0 Å². The maximum atomic E-state index is 11.3. The van der Waals surface area contributed by atoms with E-state index in [0.717, 1.165) is 4.90 Å². The fraction of sp³-hybridized carbons (Fsp3) is 0.500. The Kier molecular flexibility index (Phi) is 2.17. The first-order chi connectivity index (χ1) is 5.63. The molecule has 1 aliphatic heterocycles. The quantitative estimate of drug-likeness (QED) is 0.584. The van der Waals surface area contributed by atoms with E-state index in [1.807, 2.05) is 6.92 Å². The number of imide groups is 1. The summed E-state index contributed by atoms with van der Waals surface area (Å²) in [6.45, 7) is 1.86. The van der Waals surface area contributed by atoms with E-state index in [1.165, 1.54) is 7.05 Å². The molecule has 1 aliphatic rings. The monoisotopic (exact) mass is 168 g/mol. The predicted molar refractivity (Wildman–Crippen MR) is 44.2 cm³/mol. The summed E-state index contributed by atoms with van der Waals surface area (Å²) in [5, 5.41) is 2.74. The largest absolute Gasteiger partial charge is 0.383 e. The van der Waals surface area contributed by atoms with Gasteiger partial charge in [-0.3, -0.25) is 14.5 Å². The highest BCUT2D eigenvalue weighted by Gasteiger charge is 2.33. The Hall–Kier alpha value is -1.32. The third-order valence-corrected chi connectivity index (χ3v) is 1.99. The van der Waals surface area contributed by atoms with Crippen LogP contribution in [0.3, 0.4) is 0 Å². The maximum Gasteiger partial charge on any atom is 0.277 e. The van der Waals surface area contributed by atoms with Crippen LogP contribution in [0.4, 0.5) is 0 Å². The lowest BCUT2D eigenvalue weighted by atomic mass is 10.2. The fourth-order valence-electron chi connectivity index (χ4n) is 1.28. The van der Waals surface area contributed by atoms with Crippen molar-refractivity contribution >= 4 is 11.8 Å². The zero-order valence-electron chi connectivity index (χ0n) is 7.47. The number of carbonyl (C=O) groups is 2. The molecule has 0 aromatic carbocycles. The molecule has 0 aliphatic carbocycles. The van der Waals surface area contributed by atoms with Crippen LogP contribution in [0.1, 0.15) is 13.3 Å². The summed E-state index contributed by atoms with van der Waals surface area (Å²) in [5.74, 6) is -0.425.